The summed E-state index contributed by atoms with van der Waals surface area (Å²) in [5.41, 5.74) is 4.15. The van der Waals surface area contributed by atoms with Gasteiger partial charge >= 0.3 is 0 Å². The summed E-state index contributed by atoms with van der Waals surface area (Å²) < 4.78 is 0. The van der Waals surface area contributed by atoms with Crippen molar-refractivity contribution in [2.75, 3.05) is 14.1 Å². The van der Waals surface area contributed by atoms with Crippen molar-refractivity contribution in [3.8, 4) is 5.75 Å². The van der Waals surface area contributed by atoms with E-state index in [4.69, 9.17) is 0 Å². The van der Waals surface area contributed by atoms with Gasteiger partial charge in [-0.05, 0) is 86.8 Å². The van der Waals surface area contributed by atoms with E-state index < -0.39 is 0 Å². The first-order valence-corrected chi connectivity index (χ1v) is 10.2. The van der Waals surface area contributed by atoms with Gasteiger partial charge in [0, 0.05) is 17.7 Å². The molecule has 0 amide bonds. The molecule has 0 atom stereocenters. The van der Waals surface area contributed by atoms with Crippen molar-refractivity contribution in [2.45, 2.75) is 76.7 Å². The molecular formula is C23H35NO. The van der Waals surface area contributed by atoms with E-state index in [1.165, 1.54) is 49.7 Å². The fourth-order valence-corrected chi connectivity index (χ4v) is 6.43. The molecule has 0 saturated heterocycles. The topological polar surface area (TPSA) is 23.5 Å². The van der Waals surface area contributed by atoms with Gasteiger partial charge in [0.2, 0.25) is 0 Å². The molecule has 4 fully saturated rings. The third-order valence-electron chi connectivity index (χ3n) is 7.15. The van der Waals surface area contributed by atoms with Crippen molar-refractivity contribution in [3.05, 3.63) is 28.8 Å². The van der Waals surface area contributed by atoms with Crippen LogP contribution in [0.5, 0.6) is 5.75 Å². The Kier molecular flexibility index (Phi) is 3.99. The second kappa shape index (κ2) is 5.74. The average molecular weight is 342 g/mol. The van der Waals surface area contributed by atoms with Crippen LogP contribution in [-0.4, -0.2) is 24.1 Å². The molecule has 2 nitrogen and oxygen atoms in total. The number of benzene rings is 1. The lowest BCUT2D eigenvalue weighted by atomic mass is 9.47. The Balaban J connectivity index is 1.83. The summed E-state index contributed by atoms with van der Waals surface area (Å²) in [7, 11) is 4.18. The number of hydrogen-bond donors (Lipinski definition) is 1. The zero-order valence-electron chi connectivity index (χ0n) is 16.7. The molecule has 138 valence electrons. The molecule has 2 heteroatoms. The van der Waals surface area contributed by atoms with E-state index in [9.17, 15) is 5.11 Å². The largest absolute Gasteiger partial charge is 0.507 e. The van der Waals surface area contributed by atoms with Gasteiger partial charge in [-0.3, -0.25) is 0 Å². The second-order valence-corrected chi connectivity index (χ2v) is 10.7. The van der Waals surface area contributed by atoms with E-state index >= 15 is 0 Å². The van der Waals surface area contributed by atoms with Gasteiger partial charge in [-0.15, -0.1) is 0 Å². The van der Waals surface area contributed by atoms with Crippen molar-refractivity contribution in [1.29, 1.82) is 0 Å². The highest BCUT2D eigenvalue weighted by Gasteiger charge is 2.52. The molecule has 5 rings (SSSR count). The van der Waals surface area contributed by atoms with Gasteiger partial charge in [-0.25, -0.2) is 0 Å². The molecular weight excluding hydrogens is 306 g/mol. The molecule has 0 radical (unpaired) electrons. The lowest BCUT2D eigenvalue weighted by molar-refractivity contribution is -0.00626. The number of hydrogen-bond acceptors (Lipinski definition) is 2. The first-order chi connectivity index (χ1) is 11.7. The fourth-order valence-electron chi connectivity index (χ4n) is 6.43. The Morgan fingerprint density at radius 2 is 1.52 bits per heavy atom. The smallest absolute Gasteiger partial charge is 0.123 e. The van der Waals surface area contributed by atoms with E-state index in [0.29, 0.717) is 5.75 Å². The average Bonchev–Trinajstić information content (AvgIpc) is 2.46. The zero-order chi connectivity index (χ0) is 18.0. The molecule has 1 N–H and O–H groups in total. The van der Waals surface area contributed by atoms with Crippen molar-refractivity contribution in [1.82, 2.24) is 4.90 Å². The fraction of sp³-hybridized carbons (Fsp3) is 0.739. The van der Waals surface area contributed by atoms with Crippen LogP contribution >= 0.6 is 0 Å². The molecule has 4 saturated carbocycles. The summed E-state index contributed by atoms with van der Waals surface area (Å²) in [6, 6.07) is 4.63. The van der Waals surface area contributed by atoms with Crippen LogP contribution < -0.4 is 0 Å². The minimum absolute atomic E-state index is 0.117. The van der Waals surface area contributed by atoms with Gasteiger partial charge in [0.15, 0.2) is 0 Å². The van der Waals surface area contributed by atoms with Crippen molar-refractivity contribution in [2.24, 2.45) is 17.8 Å². The second-order valence-electron chi connectivity index (χ2n) is 10.7. The van der Waals surface area contributed by atoms with Crippen molar-refractivity contribution in [3.63, 3.8) is 0 Å². The normalized spacial score (nSPS) is 34.1. The van der Waals surface area contributed by atoms with Crippen LogP contribution in [0.25, 0.3) is 0 Å². The summed E-state index contributed by atoms with van der Waals surface area (Å²) in [6.45, 7) is 7.70. The van der Waals surface area contributed by atoms with Crippen molar-refractivity contribution < 1.29 is 5.11 Å². The molecule has 4 aliphatic rings. The lowest BCUT2D eigenvalue weighted by Crippen LogP contribution is -2.48. The first-order valence-electron chi connectivity index (χ1n) is 10.2. The van der Waals surface area contributed by atoms with Crippen LogP contribution in [-0.2, 0) is 17.4 Å². The molecule has 1 aromatic carbocycles. The summed E-state index contributed by atoms with van der Waals surface area (Å²) in [4.78, 5) is 2.17. The predicted octanol–water partition coefficient (Wildman–Crippen LogP) is 5.22. The van der Waals surface area contributed by atoms with Gasteiger partial charge in [0.05, 0.1) is 0 Å². The van der Waals surface area contributed by atoms with Crippen LogP contribution in [0.2, 0.25) is 0 Å². The van der Waals surface area contributed by atoms with E-state index in [-0.39, 0.29) is 10.8 Å². The SMILES string of the molecule is CN(C)Cc1cc(C(C)(C)C)cc(C23CC4CC(CC(C4)C2)C3)c1O. The minimum atomic E-state index is 0.117. The van der Waals surface area contributed by atoms with Crippen LogP contribution in [0.4, 0.5) is 0 Å². The third kappa shape index (κ3) is 3.01. The highest BCUT2D eigenvalue weighted by atomic mass is 16.3. The predicted molar refractivity (Wildman–Crippen MR) is 104 cm³/mol. The first kappa shape index (κ1) is 17.4. The molecule has 0 aromatic heterocycles. The number of phenols is 1. The molecule has 0 heterocycles. The van der Waals surface area contributed by atoms with E-state index in [1.807, 2.05) is 0 Å². The molecule has 4 aliphatic carbocycles. The monoisotopic (exact) mass is 341 g/mol. The van der Waals surface area contributed by atoms with Crippen LogP contribution in [0.3, 0.4) is 0 Å². The van der Waals surface area contributed by atoms with Crippen LogP contribution in [0.1, 0.15) is 76.0 Å². The van der Waals surface area contributed by atoms with Gasteiger partial charge in [-0.2, -0.15) is 0 Å². The maximum Gasteiger partial charge on any atom is 0.123 e. The van der Waals surface area contributed by atoms with Gasteiger partial charge in [-0.1, -0.05) is 32.9 Å². The minimum Gasteiger partial charge on any atom is -0.507 e. The Morgan fingerprint density at radius 1 is 1.00 bits per heavy atom. The third-order valence-corrected chi connectivity index (χ3v) is 7.15. The van der Waals surface area contributed by atoms with E-state index in [0.717, 1.165) is 29.9 Å². The molecule has 0 aliphatic heterocycles. The number of aromatic hydroxyl groups is 1. The maximum absolute atomic E-state index is 11.3. The Bertz CT molecular complexity index is 632. The highest BCUT2D eigenvalue weighted by Crippen LogP contribution is 2.62. The highest BCUT2D eigenvalue weighted by molar-refractivity contribution is 5.50. The Morgan fingerprint density at radius 3 is 1.96 bits per heavy atom. The van der Waals surface area contributed by atoms with Crippen LogP contribution in [0, 0.1) is 17.8 Å². The summed E-state index contributed by atoms with van der Waals surface area (Å²) in [6.07, 6.45) is 8.27. The number of rotatable bonds is 3. The quantitative estimate of drug-likeness (QED) is 0.815. The zero-order valence-corrected chi connectivity index (χ0v) is 16.7. The van der Waals surface area contributed by atoms with Gasteiger partial charge < -0.3 is 10.0 Å². The number of nitrogens with zero attached hydrogens (tertiary/aromatic N) is 1. The maximum atomic E-state index is 11.3. The van der Waals surface area contributed by atoms with Gasteiger partial charge in [0.25, 0.3) is 0 Å². The Labute approximate surface area is 153 Å². The molecule has 4 bridgehead atoms. The van der Waals surface area contributed by atoms with Crippen molar-refractivity contribution >= 4 is 0 Å². The lowest BCUT2D eigenvalue weighted by Gasteiger charge is -2.57. The molecule has 0 unspecified atom stereocenters. The van der Waals surface area contributed by atoms with E-state index in [2.05, 4.69) is 51.9 Å². The molecule has 1 aromatic rings. The van der Waals surface area contributed by atoms with Crippen LogP contribution in [0.15, 0.2) is 12.1 Å². The standard InChI is InChI=1S/C23H35NO/c1-22(2,3)19-9-18(14-24(4)5)21(25)20(10-19)23-11-15-6-16(12-23)8-17(7-15)13-23/h9-10,15-17,25H,6-8,11-14H2,1-5H3. The summed E-state index contributed by atoms with van der Waals surface area (Å²) >= 11 is 0. The summed E-state index contributed by atoms with van der Waals surface area (Å²) in [5.74, 6) is 3.31. The summed E-state index contributed by atoms with van der Waals surface area (Å²) in [5, 5.41) is 11.3. The molecule has 0 spiro atoms. The Hall–Kier alpha value is -1.02. The van der Waals surface area contributed by atoms with E-state index in [1.54, 1.807) is 0 Å². The van der Waals surface area contributed by atoms with Gasteiger partial charge in [0.1, 0.15) is 5.75 Å². The molecule has 25 heavy (non-hydrogen) atoms. The number of phenolic OH excluding ortho intramolecular Hbond substituents is 1.